The van der Waals surface area contributed by atoms with E-state index in [4.69, 9.17) is 11.5 Å². The number of amides is 1. The molecule has 1 aromatic carbocycles. The van der Waals surface area contributed by atoms with Gasteiger partial charge in [-0.3, -0.25) is 4.79 Å². The van der Waals surface area contributed by atoms with Crippen LogP contribution in [0.3, 0.4) is 0 Å². The zero-order valence-corrected chi connectivity index (χ0v) is 13.7. The highest BCUT2D eigenvalue weighted by Crippen LogP contribution is 2.23. The van der Waals surface area contributed by atoms with Crippen LogP contribution in [0.25, 0.3) is 0 Å². The molecule has 0 aliphatic carbocycles. The Labute approximate surface area is 136 Å². The Balaban J connectivity index is 2.71. The molecule has 0 aromatic heterocycles. The smallest absolute Gasteiger partial charge is 0.220 e. The molecule has 0 saturated carbocycles. The van der Waals surface area contributed by atoms with E-state index in [2.05, 4.69) is 0 Å². The van der Waals surface area contributed by atoms with Crippen LogP contribution >= 0.6 is 0 Å². The SMILES string of the molecule is CC(O)CCC(CC(O)C(C)(N)Cc1cccc(F)c1)C(N)=O. The normalized spacial score (nSPS) is 18.0. The molecule has 6 N–H and O–H groups in total. The molecule has 0 bridgehead atoms. The second kappa shape index (κ2) is 8.38. The summed E-state index contributed by atoms with van der Waals surface area (Å²) in [6, 6.07) is 6.03. The number of hydrogen-bond donors (Lipinski definition) is 4. The highest BCUT2D eigenvalue weighted by atomic mass is 19.1. The summed E-state index contributed by atoms with van der Waals surface area (Å²) in [6.07, 6.45) is -0.313. The average Bonchev–Trinajstić information content (AvgIpc) is 2.41. The number of nitrogens with two attached hydrogens (primary N) is 2. The first-order valence-electron chi connectivity index (χ1n) is 7.80. The maximum atomic E-state index is 13.2. The summed E-state index contributed by atoms with van der Waals surface area (Å²) >= 11 is 0. The second-order valence-corrected chi connectivity index (χ2v) is 6.59. The first-order valence-corrected chi connectivity index (χ1v) is 7.80. The Hall–Kier alpha value is -1.50. The monoisotopic (exact) mass is 326 g/mol. The topological polar surface area (TPSA) is 110 Å². The van der Waals surface area contributed by atoms with Gasteiger partial charge in [0, 0.05) is 11.5 Å². The van der Waals surface area contributed by atoms with Gasteiger partial charge in [0.2, 0.25) is 5.91 Å². The van der Waals surface area contributed by atoms with Crippen LogP contribution in [-0.4, -0.2) is 33.9 Å². The standard InChI is InChI=1S/C17H27FN2O3/c1-11(21)6-7-13(16(19)23)9-15(22)17(2,20)10-12-4-3-5-14(18)8-12/h3-5,8,11,13,15,21-22H,6-7,9-10,20H2,1-2H3,(H2,19,23). The summed E-state index contributed by atoms with van der Waals surface area (Å²) in [6.45, 7) is 3.29. The molecule has 0 fully saturated rings. The van der Waals surface area contributed by atoms with E-state index in [1.54, 1.807) is 26.0 Å². The van der Waals surface area contributed by atoms with Crippen molar-refractivity contribution in [2.75, 3.05) is 0 Å². The van der Waals surface area contributed by atoms with Crippen molar-refractivity contribution in [1.82, 2.24) is 0 Å². The largest absolute Gasteiger partial charge is 0.393 e. The fourth-order valence-electron chi connectivity index (χ4n) is 2.56. The molecular formula is C17H27FN2O3. The highest BCUT2D eigenvalue weighted by Gasteiger charge is 2.32. The summed E-state index contributed by atoms with van der Waals surface area (Å²) in [7, 11) is 0. The van der Waals surface area contributed by atoms with E-state index in [1.807, 2.05) is 0 Å². The molecule has 0 heterocycles. The predicted molar refractivity (Wildman–Crippen MR) is 86.9 cm³/mol. The number of carbonyl (C=O) groups is 1. The maximum absolute atomic E-state index is 13.2. The van der Waals surface area contributed by atoms with Crippen LogP contribution < -0.4 is 11.5 Å². The number of primary amides is 1. The Morgan fingerprint density at radius 1 is 1.35 bits per heavy atom. The number of rotatable bonds is 9. The molecule has 5 nitrogen and oxygen atoms in total. The lowest BCUT2D eigenvalue weighted by atomic mass is 9.82. The van der Waals surface area contributed by atoms with Crippen LogP contribution in [0.1, 0.15) is 38.7 Å². The number of aliphatic hydroxyl groups excluding tert-OH is 2. The Morgan fingerprint density at radius 2 is 2.00 bits per heavy atom. The van der Waals surface area contributed by atoms with Gasteiger partial charge < -0.3 is 21.7 Å². The molecule has 130 valence electrons. The van der Waals surface area contributed by atoms with Crippen LogP contribution in [0.4, 0.5) is 4.39 Å². The van der Waals surface area contributed by atoms with Crippen molar-refractivity contribution in [1.29, 1.82) is 0 Å². The Bertz CT molecular complexity index is 520. The van der Waals surface area contributed by atoms with Gasteiger partial charge in [0.15, 0.2) is 0 Å². The van der Waals surface area contributed by atoms with Crippen LogP contribution in [0.2, 0.25) is 0 Å². The molecule has 23 heavy (non-hydrogen) atoms. The van der Waals surface area contributed by atoms with Crippen molar-refractivity contribution in [2.24, 2.45) is 17.4 Å². The average molecular weight is 326 g/mol. The molecule has 0 aliphatic rings. The molecule has 0 radical (unpaired) electrons. The molecule has 1 rings (SSSR count). The van der Waals surface area contributed by atoms with Gasteiger partial charge in [-0.25, -0.2) is 4.39 Å². The van der Waals surface area contributed by atoms with Gasteiger partial charge in [-0.1, -0.05) is 12.1 Å². The number of halogens is 1. The van der Waals surface area contributed by atoms with Gasteiger partial charge in [0.25, 0.3) is 0 Å². The molecule has 1 aromatic rings. The van der Waals surface area contributed by atoms with Crippen LogP contribution in [0, 0.1) is 11.7 Å². The number of hydrogen-bond acceptors (Lipinski definition) is 4. The van der Waals surface area contributed by atoms with Crippen molar-refractivity contribution >= 4 is 5.91 Å². The fourth-order valence-corrected chi connectivity index (χ4v) is 2.56. The van der Waals surface area contributed by atoms with E-state index in [1.165, 1.54) is 12.1 Å². The van der Waals surface area contributed by atoms with Crippen molar-refractivity contribution < 1.29 is 19.4 Å². The lowest BCUT2D eigenvalue weighted by Gasteiger charge is -2.32. The summed E-state index contributed by atoms with van der Waals surface area (Å²) in [5, 5.41) is 19.7. The van der Waals surface area contributed by atoms with Gasteiger partial charge >= 0.3 is 0 Å². The lowest BCUT2D eigenvalue weighted by Crippen LogP contribution is -2.51. The van der Waals surface area contributed by atoms with Crippen LogP contribution in [-0.2, 0) is 11.2 Å². The third-order valence-electron chi connectivity index (χ3n) is 4.08. The van der Waals surface area contributed by atoms with Crippen molar-refractivity contribution in [3.63, 3.8) is 0 Å². The quantitative estimate of drug-likeness (QED) is 0.544. The zero-order chi connectivity index (χ0) is 17.6. The molecule has 0 aliphatic heterocycles. The number of aliphatic hydroxyl groups is 2. The number of carbonyl (C=O) groups excluding carboxylic acids is 1. The molecule has 1 amide bonds. The first-order chi connectivity index (χ1) is 10.6. The lowest BCUT2D eigenvalue weighted by molar-refractivity contribution is -0.123. The van der Waals surface area contributed by atoms with Gasteiger partial charge in [-0.05, 0) is 57.2 Å². The third kappa shape index (κ3) is 6.64. The zero-order valence-electron chi connectivity index (χ0n) is 13.7. The summed E-state index contributed by atoms with van der Waals surface area (Å²) < 4.78 is 13.2. The molecule has 4 unspecified atom stereocenters. The summed E-state index contributed by atoms with van der Waals surface area (Å²) in [4.78, 5) is 11.5. The fraction of sp³-hybridized carbons (Fsp3) is 0.588. The van der Waals surface area contributed by atoms with Gasteiger partial charge in [-0.2, -0.15) is 0 Å². The van der Waals surface area contributed by atoms with Crippen LogP contribution in [0.15, 0.2) is 24.3 Å². The van der Waals surface area contributed by atoms with E-state index in [0.717, 1.165) is 0 Å². The van der Waals surface area contributed by atoms with E-state index < -0.39 is 29.6 Å². The van der Waals surface area contributed by atoms with Gasteiger partial charge in [0.1, 0.15) is 5.82 Å². The molecule has 0 spiro atoms. The molecular weight excluding hydrogens is 299 g/mol. The van der Waals surface area contributed by atoms with E-state index >= 15 is 0 Å². The maximum Gasteiger partial charge on any atom is 0.220 e. The Morgan fingerprint density at radius 3 is 2.52 bits per heavy atom. The Kier molecular flexibility index (Phi) is 7.12. The summed E-state index contributed by atoms with van der Waals surface area (Å²) in [5.74, 6) is -1.44. The van der Waals surface area contributed by atoms with Gasteiger partial charge in [-0.15, -0.1) is 0 Å². The minimum Gasteiger partial charge on any atom is -0.393 e. The molecule has 6 heteroatoms. The van der Waals surface area contributed by atoms with E-state index in [9.17, 15) is 19.4 Å². The van der Waals surface area contributed by atoms with E-state index in [-0.39, 0.29) is 18.7 Å². The van der Waals surface area contributed by atoms with Gasteiger partial charge in [0.05, 0.1) is 12.2 Å². The van der Waals surface area contributed by atoms with E-state index in [0.29, 0.717) is 18.4 Å². The number of benzene rings is 1. The summed E-state index contributed by atoms with van der Waals surface area (Å²) in [5.41, 5.74) is 11.2. The predicted octanol–water partition coefficient (Wildman–Crippen LogP) is 1.10. The van der Waals surface area contributed by atoms with Crippen molar-refractivity contribution in [3.8, 4) is 0 Å². The minimum atomic E-state index is -1.02. The minimum absolute atomic E-state index is 0.115. The van der Waals surface area contributed by atoms with Crippen molar-refractivity contribution in [3.05, 3.63) is 35.6 Å². The highest BCUT2D eigenvalue weighted by molar-refractivity contribution is 5.76. The molecule has 4 atom stereocenters. The third-order valence-corrected chi connectivity index (χ3v) is 4.08. The first kappa shape index (κ1) is 19.5. The van der Waals surface area contributed by atoms with Crippen LogP contribution in [0.5, 0.6) is 0 Å². The van der Waals surface area contributed by atoms with Crippen molar-refractivity contribution in [2.45, 2.75) is 57.3 Å². The molecule has 0 saturated heterocycles. The second-order valence-electron chi connectivity index (χ2n) is 6.59.